The van der Waals surface area contributed by atoms with Gasteiger partial charge in [0.2, 0.25) is 17.6 Å². The summed E-state index contributed by atoms with van der Waals surface area (Å²) in [6.45, 7) is 1.55. The number of ketones is 1. The summed E-state index contributed by atoms with van der Waals surface area (Å²) < 4.78 is 6.20. The molecule has 1 aliphatic heterocycles. The number of aliphatic hydroxyl groups excluding tert-OH is 3. The van der Waals surface area contributed by atoms with Crippen LogP contribution < -0.4 is 15.5 Å². The summed E-state index contributed by atoms with van der Waals surface area (Å²) in [6, 6.07) is -0.461. The molecule has 0 spiro atoms. The van der Waals surface area contributed by atoms with E-state index in [1.54, 1.807) is 0 Å². The van der Waals surface area contributed by atoms with Crippen LogP contribution in [0.1, 0.15) is 24.2 Å². The van der Waals surface area contributed by atoms with E-state index < -0.39 is 81.1 Å². The molecule has 0 aromatic heterocycles. The molecule has 1 saturated heterocycles. The Hall–Kier alpha value is -2.20. The molecule has 0 aliphatic carbocycles. The van der Waals surface area contributed by atoms with Gasteiger partial charge in [0.15, 0.2) is 5.56 Å². The van der Waals surface area contributed by atoms with E-state index in [1.807, 2.05) is 67.8 Å². The second-order valence-electron chi connectivity index (χ2n) is 9.95. The molecule has 0 saturated carbocycles. The Balaban J connectivity index is 2.47. The Labute approximate surface area is 295 Å². The minimum atomic E-state index is -3.34. The lowest BCUT2D eigenvalue weighted by molar-refractivity contribution is -0.394. The second kappa shape index (κ2) is 13.9. The van der Waals surface area contributed by atoms with E-state index in [2.05, 4.69) is 0 Å². The van der Waals surface area contributed by atoms with Gasteiger partial charge in [-0.1, -0.05) is 0 Å². The fourth-order valence-corrected chi connectivity index (χ4v) is 9.88. The number of benzene rings is 2. The van der Waals surface area contributed by atoms with Crippen LogP contribution in [0.15, 0.2) is 12.1 Å². The van der Waals surface area contributed by atoms with Gasteiger partial charge in [0.1, 0.15) is 18.3 Å². The molecule has 0 bridgehead atoms. The van der Waals surface area contributed by atoms with Crippen molar-refractivity contribution in [3.8, 4) is 11.1 Å². The number of ether oxygens (including phenoxy) is 1. The molecule has 2 aromatic carbocycles. The van der Waals surface area contributed by atoms with Crippen LogP contribution in [-0.4, -0.2) is 98.7 Å². The molecule has 0 radical (unpaired) electrons. The fraction of sp³-hybridized carbons (Fsp3) is 0.400. The topological polar surface area (TPSA) is 260 Å². The van der Waals surface area contributed by atoms with Crippen LogP contribution in [-0.2, 0) is 14.3 Å². The van der Waals surface area contributed by atoms with Crippen molar-refractivity contribution in [2.24, 2.45) is 5.73 Å². The summed E-state index contributed by atoms with van der Waals surface area (Å²) in [5, 5.41) is 65.9. The minimum Gasteiger partial charge on any atom is -0.394 e. The molecule has 2 amide bonds. The van der Waals surface area contributed by atoms with E-state index in [0.717, 1.165) is 12.1 Å². The highest BCUT2D eigenvalue weighted by Crippen LogP contribution is 2.48. The fourth-order valence-electron chi connectivity index (χ4n) is 4.64. The van der Waals surface area contributed by atoms with Crippen LogP contribution in [0, 0.1) is 30.9 Å². The number of aliphatic hydroxyl groups is 4. The van der Waals surface area contributed by atoms with Crippen molar-refractivity contribution >= 4 is 108 Å². The highest BCUT2D eigenvalue weighted by molar-refractivity contribution is 14.1. The number of Topliss-reactive ketones (excluding diaryl/α,β-unsaturated/α-hetero) is 1. The summed E-state index contributed by atoms with van der Waals surface area (Å²) in [7, 11) is 2.92. The molecule has 2 aromatic rings. The van der Waals surface area contributed by atoms with Crippen LogP contribution >= 0.6 is 67.8 Å². The number of hydrogen-bond acceptors (Lipinski definition) is 13. The molecule has 3 rings (SSSR count). The minimum absolute atomic E-state index is 0.149. The van der Waals surface area contributed by atoms with Crippen LogP contribution in [0.25, 0.3) is 11.1 Å². The van der Waals surface area contributed by atoms with Gasteiger partial charge in [-0.05, 0) is 73.3 Å². The predicted octanol–water partition coefficient (Wildman–Crippen LogP) is 1.26. The van der Waals surface area contributed by atoms with Gasteiger partial charge in [0, 0.05) is 52.8 Å². The number of nitro benzene ring substituents is 2. The third-order valence-corrected chi connectivity index (χ3v) is 10.4. The van der Waals surface area contributed by atoms with Gasteiger partial charge in [0.25, 0.3) is 17.2 Å². The maximum Gasteiger partial charge on any atom is 0.288 e. The number of nitrogens with zero attached hydrogens (tertiary/aromatic N) is 4. The highest BCUT2D eigenvalue weighted by atomic mass is 127. The zero-order valence-electron chi connectivity index (χ0n) is 23.7. The van der Waals surface area contributed by atoms with E-state index in [-0.39, 0.29) is 11.1 Å². The zero-order chi connectivity index (χ0) is 34.5. The number of amides is 2. The number of nitrogens with two attached hydrogens (primary N) is 1. The van der Waals surface area contributed by atoms with Gasteiger partial charge < -0.3 is 40.7 Å². The Morgan fingerprint density at radius 3 is 1.71 bits per heavy atom. The Morgan fingerprint density at radius 1 is 0.933 bits per heavy atom. The molecule has 45 heavy (non-hydrogen) atoms. The average molecular weight is 969 g/mol. The molecular formula is C25H26I3N5O12. The summed E-state index contributed by atoms with van der Waals surface area (Å²) in [6.07, 6.45) is -5.74. The number of nitro groups is 2. The van der Waals surface area contributed by atoms with Gasteiger partial charge in [0.05, 0.1) is 37.4 Å². The molecule has 20 heteroatoms. The van der Waals surface area contributed by atoms with Crippen molar-refractivity contribution in [2.75, 3.05) is 30.5 Å². The van der Waals surface area contributed by atoms with E-state index >= 15 is 0 Å². The molecule has 1 fully saturated rings. The normalized spacial score (nSPS) is 22.9. The quantitative estimate of drug-likeness (QED) is 0.108. The number of hydrogen-bond donors (Lipinski definition) is 5. The van der Waals surface area contributed by atoms with E-state index in [9.17, 15) is 55.0 Å². The summed E-state index contributed by atoms with van der Waals surface area (Å²) >= 11 is 5.68. The van der Waals surface area contributed by atoms with Crippen LogP contribution in [0.2, 0.25) is 0 Å². The Kier molecular flexibility index (Phi) is 11.5. The second-order valence-corrected chi connectivity index (χ2v) is 13.2. The molecule has 1 unspecified atom stereocenters. The lowest BCUT2D eigenvalue weighted by atomic mass is 9.85. The summed E-state index contributed by atoms with van der Waals surface area (Å²) in [4.78, 5) is 63.7. The Morgan fingerprint density at radius 2 is 1.36 bits per heavy atom. The van der Waals surface area contributed by atoms with Crippen molar-refractivity contribution < 1.29 is 49.4 Å². The van der Waals surface area contributed by atoms with Crippen molar-refractivity contribution in [3.63, 3.8) is 0 Å². The number of rotatable bonds is 8. The van der Waals surface area contributed by atoms with Crippen molar-refractivity contribution in [3.05, 3.63) is 48.6 Å². The first-order chi connectivity index (χ1) is 20.7. The van der Waals surface area contributed by atoms with Gasteiger partial charge >= 0.3 is 0 Å². The lowest BCUT2D eigenvalue weighted by Crippen LogP contribution is -2.71. The molecule has 1 aliphatic rings. The molecule has 6 N–H and O–H groups in total. The highest BCUT2D eigenvalue weighted by Gasteiger charge is 2.58. The molecule has 244 valence electrons. The summed E-state index contributed by atoms with van der Waals surface area (Å²) in [5.41, 5.74) is 2.83. The standard InChI is InChI=1S/C25H26I3N5O12/c1-8(35)30(3)19-16(26)14(17(27)20(18(19)28)31(4)9(2)36)10-5-11(32(41)42)15(12(6-10)33(43)44)24(39)25(40)23(29)22(38)21(37)13(7-34)45-25/h5-6,13,21-23,34,37-38,40H,7,29H2,1-4H3/t13-,21-,22+,23-,25?/m1/s1. The smallest absolute Gasteiger partial charge is 0.288 e. The molecule has 5 atom stereocenters. The molecule has 17 nitrogen and oxygen atoms in total. The van der Waals surface area contributed by atoms with Gasteiger partial charge in [-0.25, -0.2) is 0 Å². The number of carbonyl (C=O) groups excluding carboxylic acids is 3. The third kappa shape index (κ3) is 6.52. The van der Waals surface area contributed by atoms with E-state index in [0.29, 0.717) is 22.1 Å². The average Bonchev–Trinajstić information content (AvgIpc) is 2.96. The van der Waals surface area contributed by atoms with Gasteiger partial charge in [-0.2, -0.15) is 0 Å². The number of carbonyl (C=O) groups is 3. The SMILES string of the molecule is CC(=O)N(C)c1c(I)c(-c2cc([N+](=O)[O-])c(C(=O)C3(O)O[C@H](CO)[C@@H](O)[C@H](O)[C@H]3N)c([N+](=O)[O-])c2)c(I)c(N(C)C(C)=O)c1I. The van der Waals surface area contributed by atoms with Crippen LogP contribution in [0.4, 0.5) is 22.7 Å². The first-order valence-electron chi connectivity index (χ1n) is 12.6. The number of anilines is 2. The van der Waals surface area contributed by atoms with Crippen molar-refractivity contribution in [1.29, 1.82) is 0 Å². The maximum absolute atomic E-state index is 13.7. The zero-order valence-corrected chi connectivity index (χ0v) is 30.2. The lowest BCUT2D eigenvalue weighted by Gasteiger charge is -2.44. The predicted molar refractivity (Wildman–Crippen MR) is 183 cm³/mol. The largest absolute Gasteiger partial charge is 0.394 e. The van der Waals surface area contributed by atoms with E-state index in [1.165, 1.54) is 37.7 Å². The van der Waals surface area contributed by atoms with Gasteiger partial charge in [-0.15, -0.1) is 0 Å². The molecular weight excluding hydrogens is 943 g/mol. The van der Waals surface area contributed by atoms with Crippen LogP contribution in [0.3, 0.4) is 0 Å². The first-order valence-corrected chi connectivity index (χ1v) is 15.8. The van der Waals surface area contributed by atoms with Crippen molar-refractivity contribution in [2.45, 2.75) is 44.0 Å². The van der Waals surface area contributed by atoms with E-state index in [4.69, 9.17) is 10.5 Å². The molecule has 1 heterocycles. The first kappa shape index (κ1) is 37.3. The summed E-state index contributed by atoms with van der Waals surface area (Å²) in [5.74, 6) is -5.93. The maximum atomic E-state index is 13.7. The third-order valence-electron chi connectivity index (χ3n) is 7.28. The van der Waals surface area contributed by atoms with Gasteiger partial charge in [-0.3, -0.25) is 34.6 Å². The van der Waals surface area contributed by atoms with Crippen LogP contribution in [0.5, 0.6) is 0 Å². The van der Waals surface area contributed by atoms with Crippen molar-refractivity contribution in [1.82, 2.24) is 0 Å². The number of halogens is 3. The Bertz CT molecular complexity index is 1540. The monoisotopic (exact) mass is 969 g/mol.